The minimum atomic E-state index is -0.852. The number of aromatic nitrogens is 2. The second kappa shape index (κ2) is 5.36. The quantitative estimate of drug-likeness (QED) is 0.729. The zero-order valence-corrected chi connectivity index (χ0v) is 10.5. The third-order valence-electron chi connectivity index (χ3n) is 2.58. The number of carboxylic acid groups (broad SMARTS) is 1. The maximum atomic E-state index is 11.0. The van der Waals surface area contributed by atoms with E-state index >= 15 is 0 Å². The van der Waals surface area contributed by atoms with Crippen LogP contribution in [0.4, 0.5) is 0 Å². The van der Waals surface area contributed by atoms with E-state index in [4.69, 9.17) is 5.11 Å². The fourth-order valence-electron chi connectivity index (χ4n) is 1.19. The standard InChI is InChI=1S/C10H17N3O2S/c1-10(11-2,9(14)15)4-5-16-8-6-12-13(3)7-8/h6-7,11H,4-5H2,1-3H3,(H,14,15). The molecule has 5 nitrogen and oxygen atoms in total. The topological polar surface area (TPSA) is 67.2 Å². The van der Waals surface area contributed by atoms with Gasteiger partial charge in [0.2, 0.25) is 0 Å². The summed E-state index contributed by atoms with van der Waals surface area (Å²) in [6, 6.07) is 0. The van der Waals surface area contributed by atoms with E-state index in [1.807, 2.05) is 13.2 Å². The number of aryl methyl sites for hydroxylation is 1. The molecule has 2 N–H and O–H groups in total. The van der Waals surface area contributed by atoms with Crippen molar-refractivity contribution in [1.82, 2.24) is 15.1 Å². The lowest BCUT2D eigenvalue weighted by molar-refractivity contribution is -0.144. The van der Waals surface area contributed by atoms with Crippen LogP contribution in [0.15, 0.2) is 17.3 Å². The first kappa shape index (κ1) is 13.1. The molecule has 6 heteroatoms. The number of carboxylic acids is 1. The first-order chi connectivity index (χ1) is 7.48. The summed E-state index contributed by atoms with van der Waals surface area (Å²) in [5.41, 5.74) is -0.852. The summed E-state index contributed by atoms with van der Waals surface area (Å²) in [5, 5.41) is 15.9. The normalized spacial score (nSPS) is 14.7. The van der Waals surface area contributed by atoms with Crippen molar-refractivity contribution >= 4 is 17.7 Å². The summed E-state index contributed by atoms with van der Waals surface area (Å²) in [4.78, 5) is 12.1. The predicted molar refractivity (Wildman–Crippen MR) is 63.6 cm³/mol. The number of carbonyl (C=O) groups is 1. The summed E-state index contributed by atoms with van der Waals surface area (Å²) >= 11 is 1.61. The average molecular weight is 243 g/mol. The summed E-state index contributed by atoms with van der Waals surface area (Å²) in [5.74, 6) is -0.0724. The van der Waals surface area contributed by atoms with Crippen molar-refractivity contribution in [2.45, 2.75) is 23.8 Å². The molecule has 0 bridgehead atoms. The minimum absolute atomic E-state index is 0.568. The minimum Gasteiger partial charge on any atom is -0.480 e. The number of nitrogens with zero attached hydrogens (tertiary/aromatic N) is 2. The number of likely N-dealkylation sites (N-methyl/N-ethyl adjacent to an activating group) is 1. The van der Waals surface area contributed by atoms with Gasteiger partial charge in [0.25, 0.3) is 0 Å². The van der Waals surface area contributed by atoms with E-state index in [1.165, 1.54) is 0 Å². The van der Waals surface area contributed by atoms with Crippen LogP contribution >= 0.6 is 11.8 Å². The molecule has 1 aromatic rings. The number of thioether (sulfide) groups is 1. The Labute approximate surface area is 99.2 Å². The summed E-state index contributed by atoms with van der Waals surface area (Å²) in [6.45, 7) is 1.69. The van der Waals surface area contributed by atoms with E-state index in [0.29, 0.717) is 6.42 Å². The van der Waals surface area contributed by atoms with Crippen LogP contribution in [-0.4, -0.2) is 39.2 Å². The fourth-order valence-corrected chi connectivity index (χ4v) is 2.28. The Morgan fingerprint density at radius 3 is 2.88 bits per heavy atom. The Morgan fingerprint density at radius 1 is 1.75 bits per heavy atom. The lowest BCUT2D eigenvalue weighted by Gasteiger charge is -2.23. The number of aliphatic carboxylic acids is 1. The van der Waals surface area contributed by atoms with Crippen molar-refractivity contribution < 1.29 is 9.90 Å². The molecule has 0 spiro atoms. The van der Waals surface area contributed by atoms with Crippen LogP contribution in [0, 0.1) is 0 Å². The molecule has 0 radical (unpaired) electrons. The summed E-state index contributed by atoms with van der Waals surface area (Å²) in [6.07, 6.45) is 4.27. The number of hydrogen-bond donors (Lipinski definition) is 2. The molecule has 0 aliphatic heterocycles. The SMILES string of the molecule is CNC(C)(CCSc1cnn(C)c1)C(=O)O. The van der Waals surface area contributed by atoms with E-state index in [-0.39, 0.29) is 0 Å². The maximum absolute atomic E-state index is 11.0. The molecule has 0 saturated heterocycles. The maximum Gasteiger partial charge on any atom is 0.323 e. The number of nitrogens with one attached hydrogen (secondary N) is 1. The van der Waals surface area contributed by atoms with Gasteiger partial charge in [0.05, 0.1) is 6.20 Å². The van der Waals surface area contributed by atoms with Crippen molar-refractivity contribution in [2.24, 2.45) is 7.05 Å². The second-order valence-electron chi connectivity index (χ2n) is 3.84. The Morgan fingerprint density at radius 2 is 2.44 bits per heavy atom. The molecule has 0 amide bonds. The van der Waals surface area contributed by atoms with Gasteiger partial charge in [-0.25, -0.2) is 0 Å². The van der Waals surface area contributed by atoms with Crippen LogP contribution in [0.5, 0.6) is 0 Å². The molecule has 1 unspecified atom stereocenters. The Bertz CT molecular complexity index is 367. The molecule has 0 saturated carbocycles. The van der Waals surface area contributed by atoms with Gasteiger partial charge < -0.3 is 10.4 Å². The first-order valence-electron chi connectivity index (χ1n) is 5.02. The van der Waals surface area contributed by atoms with E-state index in [0.717, 1.165) is 10.6 Å². The molecule has 1 aromatic heterocycles. The number of rotatable bonds is 6. The monoisotopic (exact) mass is 243 g/mol. The highest BCUT2D eigenvalue weighted by atomic mass is 32.2. The van der Waals surface area contributed by atoms with Gasteiger partial charge in [0, 0.05) is 23.9 Å². The van der Waals surface area contributed by atoms with Gasteiger partial charge in [-0.05, 0) is 20.4 Å². The third-order valence-corrected chi connectivity index (χ3v) is 3.53. The second-order valence-corrected chi connectivity index (χ2v) is 5.00. The van der Waals surface area contributed by atoms with Crippen LogP contribution in [0.3, 0.4) is 0 Å². The van der Waals surface area contributed by atoms with Gasteiger partial charge >= 0.3 is 5.97 Å². The average Bonchev–Trinajstić information content (AvgIpc) is 2.63. The zero-order valence-electron chi connectivity index (χ0n) is 9.73. The highest BCUT2D eigenvalue weighted by Gasteiger charge is 2.30. The van der Waals surface area contributed by atoms with E-state index in [2.05, 4.69) is 10.4 Å². The third kappa shape index (κ3) is 3.24. The van der Waals surface area contributed by atoms with E-state index in [1.54, 1.807) is 36.6 Å². The Hall–Kier alpha value is -1.01. The zero-order chi connectivity index (χ0) is 12.2. The molecule has 0 aromatic carbocycles. The summed E-state index contributed by atoms with van der Waals surface area (Å²) < 4.78 is 1.73. The Balaban J connectivity index is 2.43. The van der Waals surface area contributed by atoms with Crippen molar-refractivity contribution in [3.63, 3.8) is 0 Å². The molecule has 0 fully saturated rings. The lowest BCUT2D eigenvalue weighted by Crippen LogP contribution is -2.47. The molecular weight excluding hydrogens is 226 g/mol. The van der Waals surface area contributed by atoms with Crippen LogP contribution in [0.25, 0.3) is 0 Å². The molecule has 16 heavy (non-hydrogen) atoms. The Kier molecular flexibility index (Phi) is 4.37. The first-order valence-corrected chi connectivity index (χ1v) is 6.00. The predicted octanol–water partition coefficient (Wildman–Crippen LogP) is 0.965. The van der Waals surface area contributed by atoms with Gasteiger partial charge in [-0.1, -0.05) is 0 Å². The van der Waals surface area contributed by atoms with Gasteiger partial charge in [0.15, 0.2) is 0 Å². The molecule has 0 aliphatic carbocycles. The van der Waals surface area contributed by atoms with Crippen molar-refractivity contribution in [3.05, 3.63) is 12.4 Å². The van der Waals surface area contributed by atoms with Crippen LogP contribution in [0.2, 0.25) is 0 Å². The van der Waals surface area contributed by atoms with Crippen LogP contribution < -0.4 is 5.32 Å². The lowest BCUT2D eigenvalue weighted by atomic mass is 10.00. The van der Waals surface area contributed by atoms with Crippen molar-refractivity contribution in [1.29, 1.82) is 0 Å². The molecular formula is C10H17N3O2S. The van der Waals surface area contributed by atoms with Crippen LogP contribution in [0.1, 0.15) is 13.3 Å². The van der Waals surface area contributed by atoms with Gasteiger partial charge in [-0.15, -0.1) is 11.8 Å². The fraction of sp³-hybridized carbons (Fsp3) is 0.600. The molecule has 1 atom stereocenters. The van der Waals surface area contributed by atoms with Gasteiger partial charge in [0.1, 0.15) is 5.54 Å². The molecule has 0 aliphatic rings. The van der Waals surface area contributed by atoms with Crippen molar-refractivity contribution in [3.8, 4) is 0 Å². The number of hydrogen-bond acceptors (Lipinski definition) is 4. The summed E-state index contributed by atoms with van der Waals surface area (Å²) in [7, 11) is 3.53. The van der Waals surface area contributed by atoms with Gasteiger partial charge in [-0.3, -0.25) is 9.48 Å². The van der Waals surface area contributed by atoms with Gasteiger partial charge in [-0.2, -0.15) is 5.10 Å². The molecule has 1 heterocycles. The van der Waals surface area contributed by atoms with E-state index in [9.17, 15) is 4.79 Å². The highest BCUT2D eigenvalue weighted by molar-refractivity contribution is 7.99. The van der Waals surface area contributed by atoms with E-state index < -0.39 is 11.5 Å². The smallest absolute Gasteiger partial charge is 0.323 e. The largest absolute Gasteiger partial charge is 0.480 e. The molecule has 90 valence electrons. The molecule has 1 rings (SSSR count). The highest BCUT2D eigenvalue weighted by Crippen LogP contribution is 2.21. The van der Waals surface area contributed by atoms with Crippen LogP contribution in [-0.2, 0) is 11.8 Å². The van der Waals surface area contributed by atoms with Crippen molar-refractivity contribution in [2.75, 3.05) is 12.8 Å².